The Balaban J connectivity index is 2.19. The molecule has 104 valence electrons. The van der Waals surface area contributed by atoms with E-state index in [1.165, 1.54) is 19.1 Å². The average molecular weight is 336 g/mol. The Morgan fingerprint density at radius 3 is 2.60 bits per heavy atom. The van der Waals surface area contributed by atoms with E-state index < -0.39 is 0 Å². The molecule has 0 amide bonds. The van der Waals surface area contributed by atoms with Crippen LogP contribution in [0.15, 0.2) is 46.9 Å². The van der Waals surface area contributed by atoms with Gasteiger partial charge in [-0.25, -0.2) is 4.39 Å². The smallest absolute Gasteiger partial charge is 0.160 e. The lowest BCUT2D eigenvalue weighted by Gasteiger charge is -2.20. The second-order valence-corrected chi connectivity index (χ2v) is 5.56. The fourth-order valence-electron chi connectivity index (χ4n) is 2.03. The summed E-state index contributed by atoms with van der Waals surface area (Å²) in [5.74, 6) is -0.208. The Labute approximate surface area is 126 Å². The van der Waals surface area contributed by atoms with Gasteiger partial charge in [0, 0.05) is 29.3 Å². The second-order valence-electron chi connectivity index (χ2n) is 4.71. The molecule has 2 rings (SSSR count). The van der Waals surface area contributed by atoms with Gasteiger partial charge in [-0.2, -0.15) is 0 Å². The normalized spacial score (nSPS) is 10.4. The number of nitrogens with zero attached hydrogens (tertiary/aromatic N) is 1. The van der Waals surface area contributed by atoms with Crippen molar-refractivity contribution in [2.45, 2.75) is 13.5 Å². The lowest BCUT2D eigenvalue weighted by Crippen LogP contribution is -2.16. The minimum Gasteiger partial charge on any atom is -0.370 e. The lowest BCUT2D eigenvalue weighted by atomic mass is 10.1. The van der Waals surface area contributed by atoms with Gasteiger partial charge in [0.2, 0.25) is 0 Å². The van der Waals surface area contributed by atoms with Crippen molar-refractivity contribution in [3.8, 4) is 0 Å². The summed E-state index contributed by atoms with van der Waals surface area (Å²) < 4.78 is 13.9. The molecule has 2 aromatic rings. The van der Waals surface area contributed by atoms with E-state index in [-0.39, 0.29) is 11.6 Å². The third-order valence-corrected chi connectivity index (χ3v) is 3.74. The van der Waals surface area contributed by atoms with Gasteiger partial charge in [-0.1, -0.05) is 12.1 Å². The highest BCUT2D eigenvalue weighted by atomic mass is 79.9. The standard InChI is InChI=1S/C16H15BrFNO/c1-11(20)15-7-6-14(9-16(15)17)19(2)10-12-4-3-5-13(18)8-12/h3-9H,10H2,1-2H3. The van der Waals surface area contributed by atoms with Crippen LogP contribution in [0.2, 0.25) is 0 Å². The topological polar surface area (TPSA) is 20.3 Å². The van der Waals surface area contributed by atoms with Crippen LogP contribution in [-0.2, 0) is 6.54 Å². The number of benzene rings is 2. The molecule has 4 heteroatoms. The van der Waals surface area contributed by atoms with Gasteiger partial charge < -0.3 is 4.90 Å². The van der Waals surface area contributed by atoms with Crippen LogP contribution >= 0.6 is 15.9 Å². The average Bonchev–Trinajstić information content (AvgIpc) is 2.38. The summed E-state index contributed by atoms with van der Waals surface area (Å²) in [5.41, 5.74) is 2.53. The van der Waals surface area contributed by atoms with Crippen LogP contribution in [0.25, 0.3) is 0 Å². The zero-order valence-electron chi connectivity index (χ0n) is 11.4. The molecule has 0 spiro atoms. The van der Waals surface area contributed by atoms with Crippen molar-refractivity contribution in [1.82, 2.24) is 0 Å². The largest absolute Gasteiger partial charge is 0.370 e. The highest BCUT2D eigenvalue weighted by Gasteiger charge is 2.09. The number of rotatable bonds is 4. The fourth-order valence-corrected chi connectivity index (χ4v) is 2.67. The van der Waals surface area contributed by atoms with E-state index in [0.29, 0.717) is 12.1 Å². The number of Topliss-reactive ketones (excluding diaryl/α,β-unsaturated/α-hetero) is 1. The van der Waals surface area contributed by atoms with Crippen molar-refractivity contribution in [1.29, 1.82) is 0 Å². The Hall–Kier alpha value is -1.68. The third kappa shape index (κ3) is 3.45. The van der Waals surface area contributed by atoms with Gasteiger partial charge in [0.15, 0.2) is 5.78 Å². The molecule has 0 aliphatic carbocycles. The van der Waals surface area contributed by atoms with Crippen LogP contribution in [0.3, 0.4) is 0 Å². The summed E-state index contributed by atoms with van der Waals surface area (Å²) in [6.45, 7) is 2.14. The van der Waals surface area contributed by atoms with Gasteiger partial charge >= 0.3 is 0 Å². The van der Waals surface area contributed by atoms with Crippen molar-refractivity contribution in [3.05, 3.63) is 63.9 Å². The molecule has 0 unspecified atom stereocenters. The summed E-state index contributed by atoms with van der Waals surface area (Å²) in [6, 6.07) is 12.1. The number of hydrogen-bond donors (Lipinski definition) is 0. The van der Waals surface area contributed by atoms with Gasteiger partial charge in [-0.15, -0.1) is 0 Å². The predicted octanol–water partition coefficient (Wildman–Crippen LogP) is 4.43. The van der Waals surface area contributed by atoms with E-state index in [9.17, 15) is 9.18 Å². The fraction of sp³-hybridized carbons (Fsp3) is 0.188. The molecule has 20 heavy (non-hydrogen) atoms. The SMILES string of the molecule is CC(=O)c1ccc(N(C)Cc2cccc(F)c2)cc1Br. The summed E-state index contributed by atoms with van der Waals surface area (Å²) in [6.07, 6.45) is 0. The van der Waals surface area contributed by atoms with E-state index in [1.54, 1.807) is 12.1 Å². The summed E-state index contributed by atoms with van der Waals surface area (Å²) in [4.78, 5) is 13.4. The highest BCUT2D eigenvalue weighted by Crippen LogP contribution is 2.25. The third-order valence-electron chi connectivity index (χ3n) is 3.08. The van der Waals surface area contributed by atoms with Gasteiger partial charge in [0.1, 0.15) is 5.82 Å². The van der Waals surface area contributed by atoms with Crippen LogP contribution in [0, 0.1) is 5.82 Å². The number of carbonyl (C=O) groups is 1. The van der Waals surface area contributed by atoms with Crippen LogP contribution in [0.4, 0.5) is 10.1 Å². The molecule has 2 aromatic carbocycles. The van der Waals surface area contributed by atoms with E-state index in [2.05, 4.69) is 15.9 Å². The molecule has 0 saturated heterocycles. The van der Waals surface area contributed by atoms with Gasteiger partial charge in [-0.3, -0.25) is 4.79 Å². The second kappa shape index (κ2) is 6.18. The summed E-state index contributed by atoms with van der Waals surface area (Å²) >= 11 is 3.41. The molecule has 0 fully saturated rings. The van der Waals surface area contributed by atoms with Gasteiger partial charge in [0.05, 0.1) is 0 Å². The molecular weight excluding hydrogens is 321 g/mol. The van der Waals surface area contributed by atoms with E-state index in [0.717, 1.165) is 15.7 Å². The molecule has 0 radical (unpaired) electrons. The van der Waals surface area contributed by atoms with Crippen LogP contribution in [0.5, 0.6) is 0 Å². The van der Waals surface area contributed by atoms with Crippen LogP contribution in [-0.4, -0.2) is 12.8 Å². The maximum atomic E-state index is 13.2. The van der Waals surface area contributed by atoms with E-state index >= 15 is 0 Å². The molecule has 0 atom stereocenters. The molecule has 0 saturated carbocycles. The Morgan fingerprint density at radius 1 is 1.25 bits per heavy atom. The number of halogens is 2. The van der Waals surface area contributed by atoms with Gasteiger partial charge in [0.25, 0.3) is 0 Å². The maximum Gasteiger partial charge on any atom is 0.160 e. The van der Waals surface area contributed by atoms with Crippen molar-refractivity contribution < 1.29 is 9.18 Å². The van der Waals surface area contributed by atoms with E-state index in [4.69, 9.17) is 0 Å². The van der Waals surface area contributed by atoms with Crippen molar-refractivity contribution in [3.63, 3.8) is 0 Å². The van der Waals surface area contributed by atoms with Crippen molar-refractivity contribution in [2.24, 2.45) is 0 Å². The Bertz CT molecular complexity index is 642. The Morgan fingerprint density at radius 2 is 2.00 bits per heavy atom. The molecule has 0 N–H and O–H groups in total. The van der Waals surface area contributed by atoms with Gasteiger partial charge in [-0.05, 0) is 58.7 Å². The summed E-state index contributed by atoms with van der Waals surface area (Å²) in [7, 11) is 1.93. The number of anilines is 1. The molecule has 0 bridgehead atoms. The monoisotopic (exact) mass is 335 g/mol. The molecule has 0 aliphatic rings. The Kier molecular flexibility index (Phi) is 4.55. The molecule has 0 aliphatic heterocycles. The predicted molar refractivity (Wildman–Crippen MR) is 82.7 cm³/mol. The first-order chi connectivity index (χ1) is 9.47. The van der Waals surface area contributed by atoms with Crippen LogP contribution < -0.4 is 4.90 Å². The molecule has 0 heterocycles. The molecular formula is C16H15BrFNO. The lowest BCUT2D eigenvalue weighted by molar-refractivity contribution is 0.101. The van der Waals surface area contributed by atoms with E-state index in [1.807, 2.05) is 30.1 Å². The van der Waals surface area contributed by atoms with Crippen molar-refractivity contribution in [2.75, 3.05) is 11.9 Å². The summed E-state index contributed by atoms with van der Waals surface area (Å²) in [5, 5.41) is 0. The molecule has 2 nitrogen and oxygen atoms in total. The number of ketones is 1. The maximum absolute atomic E-state index is 13.2. The quantitative estimate of drug-likeness (QED) is 0.770. The molecule has 0 aromatic heterocycles. The minimum atomic E-state index is -0.232. The first-order valence-electron chi connectivity index (χ1n) is 6.23. The minimum absolute atomic E-state index is 0.0243. The number of hydrogen-bond acceptors (Lipinski definition) is 2. The first-order valence-corrected chi connectivity index (χ1v) is 7.03. The first kappa shape index (κ1) is 14.7. The highest BCUT2D eigenvalue weighted by molar-refractivity contribution is 9.10. The number of carbonyl (C=O) groups excluding carboxylic acids is 1. The van der Waals surface area contributed by atoms with Crippen molar-refractivity contribution >= 4 is 27.4 Å². The zero-order valence-corrected chi connectivity index (χ0v) is 12.9. The van der Waals surface area contributed by atoms with Crippen LogP contribution in [0.1, 0.15) is 22.8 Å². The zero-order chi connectivity index (χ0) is 14.7.